The summed E-state index contributed by atoms with van der Waals surface area (Å²) < 4.78 is 22.6. The van der Waals surface area contributed by atoms with E-state index in [-0.39, 0.29) is 6.10 Å². The van der Waals surface area contributed by atoms with E-state index in [1.807, 2.05) is 43.5 Å². The lowest BCUT2D eigenvalue weighted by atomic mass is 10.1. The molecule has 0 aliphatic heterocycles. The summed E-state index contributed by atoms with van der Waals surface area (Å²) in [5, 5.41) is 2.02. The van der Waals surface area contributed by atoms with E-state index >= 15 is 0 Å². The molecule has 150 valence electrons. The van der Waals surface area contributed by atoms with E-state index in [4.69, 9.17) is 18.6 Å². The number of rotatable bonds is 11. The summed E-state index contributed by atoms with van der Waals surface area (Å²) in [6.07, 6.45) is 1.61. The number of oxazole rings is 1. The van der Waals surface area contributed by atoms with Crippen LogP contribution in [0.5, 0.6) is 5.75 Å². The third-order valence-corrected chi connectivity index (χ3v) is 5.23. The number of thiophene rings is 1. The topological polar surface area (TPSA) is 53.7 Å². The summed E-state index contributed by atoms with van der Waals surface area (Å²) in [5.74, 6) is 2.39. The summed E-state index contributed by atoms with van der Waals surface area (Å²) in [5.41, 5.74) is 2.15. The number of aromatic nitrogens is 1. The SMILES string of the molecule is CCO[C@H](COC)Cc1ccc(OCCc2nc(-c3cccs3)oc2C)cc1. The first-order chi connectivity index (χ1) is 13.7. The van der Waals surface area contributed by atoms with E-state index in [1.54, 1.807) is 18.4 Å². The van der Waals surface area contributed by atoms with E-state index < -0.39 is 0 Å². The van der Waals surface area contributed by atoms with Crippen LogP contribution in [0.25, 0.3) is 10.8 Å². The van der Waals surface area contributed by atoms with Gasteiger partial charge in [-0.3, -0.25) is 0 Å². The minimum Gasteiger partial charge on any atom is -0.493 e. The minimum absolute atomic E-state index is 0.0782. The molecule has 0 unspecified atom stereocenters. The molecule has 6 heteroatoms. The maximum absolute atomic E-state index is 5.88. The molecule has 28 heavy (non-hydrogen) atoms. The fourth-order valence-electron chi connectivity index (χ4n) is 3.00. The van der Waals surface area contributed by atoms with Crippen molar-refractivity contribution in [2.24, 2.45) is 0 Å². The summed E-state index contributed by atoms with van der Waals surface area (Å²) in [6, 6.07) is 12.2. The highest BCUT2D eigenvalue weighted by atomic mass is 32.1. The molecular formula is C22H27NO4S. The van der Waals surface area contributed by atoms with Gasteiger partial charge in [0.1, 0.15) is 11.5 Å². The number of nitrogens with zero attached hydrogens (tertiary/aromatic N) is 1. The van der Waals surface area contributed by atoms with Gasteiger partial charge in [0.05, 0.1) is 29.9 Å². The van der Waals surface area contributed by atoms with Gasteiger partial charge in [-0.2, -0.15) is 0 Å². The lowest BCUT2D eigenvalue weighted by Crippen LogP contribution is -2.21. The second-order valence-electron chi connectivity index (χ2n) is 6.48. The monoisotopic (exact) mass is 401 g/mol. The fourth-order valence-corrected chi connectivity index (χ4v) is 3.65. The molecule has 0 N–H and O–H groups in total. The van der Waals surface area contributed by atoms with Crippen molar-refractivity contribution < 1.29 is 18.6 Å². The third kappa shape index (κ3) is 5.67. The first kappa shape index (κ1) is 20.6. The molecule has 3 rings (SSSR count). The van der Waals surface area contributed by atoms with Crippen LogP contribution in [0, 0.1) is 6.92 Å². The zero-order chi connectivity index (χ0) is 19.8. The largest absolute Gasteiger partial charge is 0.493 e. The minimum atomic E-state index is 0.0782. The first-order valence-corrected chi connectivity index (χ1v) is 10.4. The summed E-state index contributed by atoms with van der Waals surface area (Å²) in [4.78, 5) is 5.65. The van der Waals surface area contributed by atoms with Gasteiger partial charge >= 0.3 is 0 Å². The Hall–Kier alpha value is -2.15. The zero-order valence-corrected chi connectivity index (χ0v) is 17.5. The lowest BCUT2D eigenvalue weighted by Gasteiger charge is -2.16. The standard InChI is InChI=1S/C22H27NO4S/c1-4-25-19(15-24-3)14-17-7-9-18(10-8-17)26-12-11-20-16(2)27-22(23-20)21-6-5-13-28-21/h5-10,13,19H,4,11-12,14-15H2,1-3H3/t19-/m0/s1. The van der Waals surface area contributed by atoms with E-state index in [0.29, 0.717) is 32.1 Å². The zero-order valence-electron chi connectivity index (χ0n) is 16.6. The first-order valence-electron chi connectivity index (χ1n) is 9.52. The second kappa shape index (κ2) is 10.4. The molecule has 0 bridgehead atoms. The number of aryl methyl sites for hydroxylation is 1. The number of ether oxygens (including phenoxy) is 3. The van der Waals surface area contributed by atoms with Crippen LogP contribution in [0.4, 0.5) is 0 Å². The molecule has 2 heterocycles. The highest BCUT2D eigenvalue weighted by Crippen LogP contribution is 2.26. The van der Waals surface area contributed by atoms with Crippen LogP contribution in [-0.4, -0.2) is 38.0 Å². The molecule has 0 saturated heterocycles. The summed E-state index contributed by atoms with van der Waals surface area (Å²) >= 11 is 1.63. The predicted molar refractivity (Wildman–Crippen MR) is 111 cm³/mol. The van der Waals surface area contributed by atoms with Crippen LogP contribution in [0.15, 0.2) is 46.2 Å². The smallest absolute Gasteiger partial charge is 0.236 e. The highest BCUT2D eigenvalue weighted by molar-refractivity contribution is 7.13. The molecule has 3 aromatic rings. The average molecular weight is 402 g/mol. The third-order valence-electron chi connectivity index (χ3n) is 4.37. The van der Waals surface area contributed by atoms with Gasteiger partial charge < -0.3 is 18.6 Å². The van der Waals surface area contributed by atoms with E-state index in [2.05, 4.69) is 17.1 Å². The Bertz CT molecular complexity index is 821. The summed E-state index contributed by atoms with van der Waals surface area (Å²) in [7, 11) is 1.70. The Morgan fingerprint density at radius 2 is 2.00 bits per heavy atom. The van der Waals surface area contributed by atoms with Gasteiger partial charge in [0.25, 0.3) is 0 Å². The Labute approximate surface area is 170 Å². The fraction of sp³-hybridized carbons (Fsp3) is 0.409. The Morgan fingerprint density at radius 3 is 2.68 bits per heavy atom. The number of hydrogen-bond acceptors (Lipinski definition) is 6. The Morgan fingerprint density at radius 1 is 1.18 bits per heavy atom. The molecule has 0 spiro atoms. The van der Waals surface area contributed by atoms with E-state index in [0.717, 1.165) is 28.5 Å². The van der Waals surface area contributed by atoms with Gasteiger partial charge in [-0.05, 0) is 43.0 Å². The molecule has 0 aliphatic rings. The number of methoxy groups -OCH3 is 1. The average Bonchev–Trinajstić information content (AvgIpc) is 3.34. The van der Waals surface area contributed by atoms with E-state index in [9.17, 15) is 0 Å². The number of benzene rings is 1. The van der Waals surface area contributed by atoms with Crippen molar-refractivity contribution in [1.29, 1.82) is 0 Å². The Balaban J connectivity index is 1.50. The van der Waals surface area contributed by atoms with Crippen molar-refractivity contribution in [1.82, 2.24) is 4.98 Å². The normalized spacial score (nSPS) is 12.2. The summed E-state index contributed by atoms with van der Waals surface area (Å²) in [6.45, 7) is 5.78. The van der Waals surface area contributed by atoms with Gasteiger partial charge in [0.15, 0.2) is 0 Å². The van der Waals surface area contributed by atoms with Gasteiger partial charge in [-0.25, -0.2) is 4.98 Å². The molecule has 1 atom stereocenters. The van der Waals surface area contributed by atoms with Gasteiger partial charge in [-0.15, -0.1) is 11.3 Å². The van der Waals surface area contributed by atoms with Crippen LogP contribution >= 0.6 is 11.3 Å². The maximum atomic E-state index is 5.88. The number of hydrogen-bond donors (Lipinski definition) is 0. The van der Waals surface area contributed by atoms with Crippen molar-refractivity contribution in [2.75, 3.05) is 26.9 Å². The molecule has 5 nitrogen and oxygen atoms in total. The lowest BCUT2D eigenvalue weighted by molar-refractivity contribution is 0.00474. The van der Waals surface area contributed by atoms with Crippen LogP contribution < -0.4 is 4.74 Å². The molecule has 0 saturated carbocycles. The van der Waals surface area contributed by atoms with Crippen LogP contribution in [0.2, 0.25) is 0 Å². The predicted octanol–water partition coefficient (Wildman–Crippen LogP) is 4.93. The van der Waals surface area contributed by atoms with Crippen molar-refractivity contribution in [3.05, 3.63) is 58.8 Å². The maximum Gasteiger partial charge on any atom is 0.236 e. The molecule has 0 fully saturated rings. The van der Waals surface area contributed by atoms with Gasteiger partial charge in [0.2, 0.25) is 5.89 Å². The molecular weight excluding hydrogens is 374 g/mol. The molecule has 0 aliphatic carbocycles. The van der Waals surface area contributed by atoms with Crippen LogP contribution in [-0.2, 0) is 22.3 Å². The quantitative estimate of drug-likeness (QED) is 0.456. The van der Waals surface area contributed by atoms with E-state index in [1.165, 1.54) is 5.56 Å². The van der Waals surface area contributed by atoms with Gasteiger partial charge in [-0.1, -0.05) is 18.2 Å². The molecule has 2 aromatic heterocycles. The Kier molecular flexibility index (Phi) is 7.65. The van der Waals surface area contributed by atoms with Crippen LogP contribution in [0.3, 0.4) is 0 Å². The van der Waals surface area contributed by atoms with Gasteiger partial charge in [0, 0.05) is 26.6 Å². The molecule has 0 amide bonds. The second-order valence-corrected chi connectivity index (χ2v) is 7.43. The van der Waals surface area contributed by atoms with Crippen molar-refractivity contribution in [2.45, 2.75) is 32.8 Å². The highest BCUT2D eigenvalue weighted by Gasteiger charge is 2.12. The van der Waals surface area contributed by atoms with Crippen molar-refractivity contribution >= 4 is 11.3 Å². The van der Waals surface area contributed by atoms with Crippen molar-refractivity contribution in [3.8, 4) is 16.5 Å². The van der Waals surface area contributed by atoms with Crippen molar-refractivity contribution in [3.63, 3.8) is 0 Å². The van der Waals surface area contributed by atoms with Crippen LogP contribution in [0.1, 0.15) is 23.9 Å². The molecule has 0 radical (unpaired) electrons. The molecule has 1 aromatic carbocycles.